The molecule has 3 atom stereocenters. The summed E-state index contributed by atoms with van der Waals surface area (Å²) in [6, 6.07) is 0. The van der Waals surface area contributed by atoms with Gasteiger partial charge in [-0.3, -0.25) is 23.4 Å². The van der Waals surface area contributed by atoms with Crippen LogP contribution in [0.5, 0.6) is 0 Å². The third kappa shape index (κ3) is 58.5. The zero-order chi connectivity index (χ0) is 58.3. The minimum Gasteiger partial charge on any atom is -0.462 e. The fourth-order valence-electron chi connectivity index (χ4n) is 8.13. The molecule has 0 saturated carbocycles. The van der Waals surface area contributed by atoms with E-state index in [1.807, 2.05) is 0 Å². The topological polar surface area (TPSA) is 155 Å². The van der Waals surface area contributed by atoms with Gasteiger partial charge in [-0.05, 0) is 128 Å². The molecule has 456 valence electrons. The molecule has 0 aromatic carbocycles. The number of allylic oxidation sites excluding steroid dienone is 20. The zero-order valence-electron chi connectivity index (χ0n) is 50.5. The molecule has 0 aliphatic carbocycles. The van der Waals surface area contributed by atoms with Crippen molar-refractivity contribution in [2.24, 2.45) is 0 Å². The minimum absolute atomic E-state index is 0.142. The first-order valence-corrected chi connectivity index (χ1v) is 32.9. The second-order valence-electron chi connectivity index (χ2n) is 20.5. The van der Waals surface area contributed by atoms with Gasteiger partial charge in [0.25, 0.3) is 0 Å². The summed E-state index contributed by atoms with van der Waals surface area (Å²) in [5, 5.41) is 9.84. The van der Waals surface area contributed by atoms with Crippen molar-refractivity contribution in [2.75, 3.05) is 26.4 Å². The van der Waals surface area contributed by atoms with E-state index in [-0.39, 0.29) is 25.9 Å². The number of hydrogen-bond donors (Lipinski definition) is 2. The van der Waals surface area contributed by atoms with E-state index in [1.165, 1.54) is 25.7 Å². The lowest BCUT2D eigenvalue weighted by atomic mass is 10.1. The molecule has 0 saturated heterocycles. The maximum absolute atomic E-state index is 13.0. The van der Waals surface area contributed by atoms with Gasteiger partial charge >= 0.3 is 25.7 Å². The van der Waals surface area contributed by atoms with Gasteiger partial charge in [-0.25, -0.2) is 4.57 Å². The van der Waals surface area contributed by atoms with Crippen LogP contribution in [-0.4, -0.2) is 66.5 Å². The molecule has 0 aromatic heterocycles. The van der Waals surface area contributed by atoms with E-state index in [0.29, 0.717) is 19.3 Å². The third-order valence-electron chi connectivity index (χ3n) is 12.8. The number of esters is 3. The van der Waals surface area contributed by atoms with Gasteiger partial charge in [-0.1, -0.05) is 226 Å². The van der Waals surface area contributed by atoms with E-state index >= 15 is 0 Å². The maximum Gasteiger partial charge on any atom is 0.472 e. The lowest BCUT2D eigenvalue weighted by Crippen LogP contribution is -2.30. The molecule has 0 bridgehead atoms. The first-order chi connectivity index (χ1) is 39.2. The Hall–Kier alpha value is -4.12. The van der Waals surface area contributed by atoms with Crippen LogP contribution in [0.2, 0.25) is 0 Å². The van der Waals surface area contributed by atoms with Gasteiger partial charge in [0.1, 0.15) is 12.7 Å². The lowest BCUT2D eigenvalue weighted by Gasteiger charge is -2.21. The van der Waals surface area contributed by atoms with Crippen LogP contribution < -0.4 is 0 Å². The molecule has 3 unspecified atom stereocenters. The average molecular weight is 1140 g/mol. The predicted octanol–water partition coefficient (Wildman–Crippen LogP) is 19.1. The molecule has 0 aliphatic rings. The summed E-state index contributed by atoms with van der Waals surface area (Å²) in [7, 11) is -4.77. The number of aliphatic hydroxyl groups is 1. The van der Waals surface area contributed by atoms with Crippen molar-refractivity contribution in [3.63, 3.8) is 0 Å². The summed E-state index contributed by atoms with van der Waals surface area (Å²) in [5.74, 6) is -1.52. The van der Waals surface area contributed by atoms with Crippen LogP contribution in [0.4, 0.5) is 0 Å². The van der Waals surface area contributed by atoms with Crippen molar-refractivity contribution in [1.29, 1.82) is 0 Å². The first-order valence-electron chi connectivity index (χ1n) is 31.4. The molecule has 0 rings (SSSR count). The Bertz CT molecular complexity index is 1800. The van der Waals surface area contributed by atoms with E-state index in [2.05, 4.69) is 142 Å². The van der Waals surface area contributed by atoms with Crippen molar-refractivity contribution in [3.05, 3.63) is 122 Å². The summed E-state index contributed by atoms with van der Waals surface area (Å²) in [4.78, 5) is 48.7. The van der Waals surface area contributed by atoms with Crippen molar-refractivity contribution < 1.29 is 52.2 Å². The SMILES string of the molecule is CC/C=C\C/C=C\C/C=C\C/C=C\CCCCCCCCC(=O)OCC(COP(=O)(O)OCC(CO)OC(=O)CCCCCCC/C=C\C/C=C\C/C=C\CC)OC(=O)CCCCCCCC/C=C\C/C=C\C/C=C\CCCCC. The second kappa shape index (κ2) is 61.0. The van der Waals surface area contributed by atoms with E-state index in [4.69, 9.17) is 23.3 Å². The second-order valence-corrected chi connectivity index (χ2v) is 21.9. The van der Waals surface area contributed by atoms with Gasteiger partial charge in [0.05, 0.1) is 19.8 Å². The van der Waals surface area contributed by atoms with E-state index in [0.717, 1.165) is 167 Å². The Labute approximate surface area is 487 Å². The van der Waals surface area contributed by atoms with Gasteiger partial charge in [-0.15, -0.1) is 0 Å². The predicted molar refractivity (Wildman–Crippen MR) is 334 cm³/mol. The third-order valence-corrected chi connectivity index (χ3v) is 13.8. The molecule has 2 N–H and O–H groups in total. The molecule has 12 heteroatoms. The largest absolute Gasteiger partial charge is 0.472 e. The monoisotopic (exact) mass is 1140 g/mol. The van der Waals surface area contributed by atoms with E-state index in [1.54, 1.807) is 0 Å². The number of aliphatic hydroxyl groups excluding tert-OH is 1. The fraction of sp³-hybridized carbons (Fsp3) is 0.662. The van der Waals surface area contributed by atoms with Crippen LogP contribution in [0, 0.1) is 0 Å². The molecule has 11 nitrogen and oxygen atoms in total. The van der Waals surface area contributed by atoms with Crippen LogP contribution in [-0.2, 0) is 42.2 Å². The van der Waals surface area contributed by atoms with Gasteiger partial charge in [0.2, 0.25) is 0 Å². The highest BCUT2D eigenvalue weighted by molar-refractivity contribution is 7.47. The number of phosphoric acid groups is 1. The van der Waals surface area contributed by atoms with Gasteiger partial charge in [-0.2, -0.15) is 0 Å². The Balaban J connectivity index is 4.79. The quantitative estimate of drug-likeness (QED) is 0.0197. The summed E-state index contributed by atoms with van der Waals surface area (Å²) in [6.45, 7) is 4.35. The van der Waals surface area contributed by atoms with E-state index < -0.39 is 57.8 Å². The Morgan fingerprint density at radius 1 is 0.362 bits per heavy atom. The van der Waals surface area contributed by atoms with Crippen LogP contribution in [0.15, 0.2) is 122 Å². The molecule has 80 heavy (non-hydrogen) atoms. The highest BCUT2D eigenvalue weighted by atomic mass is 31.2. The fourth-order valence-corrected chi connectivity index (χ4v) is 8.92. The number of carbonyl (C=O) groups is 3. The van der Waals surface area contributed by atoms with Crippen LogP contribution in [0.1, 0.15) is 252 Å². The normalized spacial score (nSPS) is 14.1. The number of carbonyl (C=O) groups excluding carboxylic acids is 3. The molecule has 0 spiro atoms. The highest BCUT2D eigenvalue weighted by Crippen LogP contribution is 2.43. The molecular weight excluding hydrogens is 1020 g/mol. The molecule has 0 radical (unpaired) electrons. The summed E-state index contributed by atoms with van der Waals surface area (Å²) < 4.78 is 39.6. The molecule has 0 amide bonds. The molecule has 0 fully saturated rings. The first kappa shape index (κ1) is 75.9. The van der Waals surface area contributed by atoms with Gasteiger partial charge < -0.3 is 24.2 Å². The maximum atomic E-state index is 13.0. The summed E-state index contributed by atoms with van der Waals surface area (Å²) >= 11 is 0. The number of rotatable bonds is 57. The van der Waals surface area contributed by atoms with Crippen LogP contribution in [0.3, 0.4) is 0 Å². The Kier molecular flexibility index (Phi) is 57.8. The molecule has 0 aromatic rings. The lowest BCUT2D eigenvalue weighted by molar-refractivity contribution is -0.161. The van der Waals surface area contributed by atoms with Gasteiger partial charge in [0.15, 0.2) is 6.10 Å². The molecular formula is C68H113O11P. The Morgan fingerprint density at radius 3 is 1.00 bits per heavy atom. The van der Waals surface area contributed by atoms with Crippen molar-refractivity contribution in [1.82, 2.24) is 0 Å². The van der Waals surface area contributed by atoms with Crippen molar-refractivity contribution >= 4 is 25.7 Å². The Morgan fingerprint density at radius 2 is 0.650 bits per heavy atom. The number of unbranched alkanes of at least 4 members (excludes halogenated alkanes) is 20. The zero-order valence-corrected chi connectivity index (χ0v) is 51.4. The molecule has 0 aliphatic heterocycles. The number of phosphoric ester groups is 1. The standard InChI is InChI=1S/C68H113O11P/c1-4-7-10-13-16-19-22-25-28-30-32-34-37-39-42-45-48-51-54-57-66(70)75-61-65(79-68(72)59-56-53-50-47-44-41-38-35-33-31-29-26-23-20-17-14-11-8-5-2)63-77-80(73,74)76-62-64(60-69)78-67(71)58-55-52-49-46-43-40-36-27-24-21-18-15-12-9-6-3/h7,9-10,12,16-21,25-29,32-36,64-65,69H,4-6,8,11,13-15,22-24,30-31,37-63H2,1-3H3,(H,73,74)/b10-7-,12-9-,19-16-,20-17-,21-18-,28-25-,29-26-,34-32-,35-33-,36-27-. The summed E-state index contributed by atoms with van der Waals surface area (Å²) in [6.07, 6.45) is 75.7. The highest BCUT2D eigenvalue weighted by Gasteiger charge is 2.28. The van der Waals surface area contributed by atoms with Gasteiger partial charge in [0, 0.05) is 19.3 Å². The van der Waals surface area contributed by atoms with Crippen LogP contribution >= 0.6 is 7.82 Å². The van der Waals surface area contributed by atoms with Crippen LogP contribution in [0.25, 0.3) is 0 Å². The van der Waals surface area contributed by atoms with E-state index in [9.17, 15) is 28.9 Å². The molecule has 0 heterocycles. The number of hydrogen-bond acceptors (Lipinski definition) is 10. The average Bonchev–Trinajstić information content (AvgIpc) is 3.45. The van der Waals surface area contributed by atoms with Crippen molar-refractivity contribution in [3.8, 4) is 0 Å². The number of ether oxygens (including phenoxy) is 3. The van der Waals surface area contributed by atoms with Crippen molar-refractivity contribution in [2.45, 2.75) is 264 Å². The minimum atomic E-state index is -4.77. The smallest absolute Gasteiger partial charge is 0.462 e. The summed E-state index contributed by atoms with van der Waals surface area (Å²) in [5.41, 5.74) is 0.